The van der Waals surface area contributed by atoms with Gasteiger partial charge < -0.3 is 15.0 Å². The number of nitrogens with one attached hydrogen (secondary N) is 1. The average molecular weight is 407 g/mol. The molecular weight excluding hydrogens is 391 g/mol. The molecule has 1 atom stereocenters. The van der Waals surface area contributed by atoms with E-state index >= 15 is 0 Å². The van der Waals surface area contributed by atoms with Crippen molar-refractivity contribution in [3.63, 3.8) is 0 Å². The van der Waals surface area contributed by atoms with Crippen LogP contribution in [0.4, 0.5) is 15.8 Å². The van der Waals surface area contributed by atoms with Crippen molar-refractivity contribution in [2.75, 3.05) is 23.9 Å². The van der Waals surface area contributed by atoms with E-state index in [4.69, 9.17) is 4.74 Å². The fourth-order valence-corrected chi connectivity index (χ4v) is 3.05. The third kappa shape index (κ3) is 3.82. The van der Waals surface area contributed by atoms with E-state index in [0.717, 1.165) is 0 Å². The van der Waals surface area contributed by atoms with Crippen molar-refractivity contribution in [3.8, 4) is 5.75 Å². The molecule has 2 amide bonds. The molecule has 1 aliphatic heterocycles. The SMILES string of the molecule is COc1ccc(N2C[C@@H](C(=O)Nc3ccc(Br)cc3F)CC2=O)cc1. The summed E-state index contributed by atoms with van der Waals surface area (Å²) in [6.45, 7) is 0.259. The number of halogens is 2. The molecule has 1 N–H and O–H groups in total. The van der Waals surface area contributed by atoms with E-state index in [0.29, 0.717) is 15.9 Å². The predicted octanol–water partition coefficient (Wildman–Crippen LogP) is 3.59. The fraction of sp³-hybridized carbons (Fsp3) is 0.222. The Morgan fingerprint density at radius 3 is 2.64 bits per heavy atom. The first-order valence-electron chi connectivity index (χ1n) is 7.68. The first kappa shape index (κ1) is 17.4. The van der Waals surface area contributed by atoms with Gasteiger partial charge >= 0.3 is 0 Å². The van der Waals surface area contributed by atoms with E-state index in [1.165, 1.54) is 12.1 Å². The molecule has 0 spiro atoms. The van der Waals surface area contributed by atoms with Gasteiger partial charge in [0.15, 0.2) is 0 Å². The molecule has 1 heterocycles. The van der Waals surface area contributed by atoms with Gasteiger partial charge in [-0.2, -0.15) is 0 Å². The van der Waals surface area contributed by atoms with Gasteiger partial charge in [0, 0.05) is 23.1 Å². The standard InChI is InChI=1S/C18H16BrFN2O3/c1-25-14-5-3-13(4-6-14)22-10-11(8-17(22)23)18(24)21-16-7-2-12(19)9-15(16)20/h2-7,9,11H,8,10H2,1H3,(H,21,24)/t11-/m0/s1. The van der Waals surface area contributed by atoms with Crippen molar-refractivity contribution in [1.82, 2.24) is 0 Å². The van der Waals surface area contributed by atoms with Crippen LogP contribution in [0.5, 0.6) is 5.75 Å². The Kier molecular flexibility index (Phi) is 5.03. The molecular formula is C18H16BrFN2O3. The first-order chi connectivity index (χ1) is 12.0. The number of rotatable bonds is 4. The van der Waals surface area contributed by atoms with Gasteiger partial charge in [0.2, 0.25) is 11.8 Å². The lowest BCUT2D eigenvalue weighted by Gasteiger charge is -2.17. The molecule has 5 nitrogen and oxygen atoms in total. The van der Waals surface area contributed by atoms with Crippen molar-refractivity contribution >= 4 is 39.1 Å². The quantitative estimate of drug-likeness (QED) is 0.843. The van der Waals surface area contributed by atoms with Gasteiger partial charge in [0.05, 0.1) is 18.7 Å². The number of nitrogens with zero attached hydrogens (tertiary/aromatic N) is 1. The summed E-state index contributed by atoms with van der Waals surface area (Å²) in [4.78, 5) is 26.2. The fourth-order valence-electron chi connectivity index (χ4n) is 2.72. The van der Waals surface area contributed by atoms with Crippen molar-refractivity contribution in [2.45, 2.75) is 6.42 Å². The number of hydrogen-bond donors (Lipinski definition) is 1. The van der Waals surface area contributed by atoms with Crippen LogP contribution in [0.25, 0.3) is 0 Å². The van der Waals surface area contributed by atoms with Crippen LogP contribution < -0.4 is 15.0 Å². The van der Waals surface area contributed by atoms with Crippen LogP contribution >= 0.6 is 15.9 Å². The van der Waals surface area contributed by atoms with E-state index in [9.17, 15) is 14.0 Å². The maximum Gasteiger partial charge on any atom is 0.229 e. The van der Waals surface area contributed by atoms with Crippen LogP contribution in [0.1, 0.15) is 6.42 Å². The molecule has 0 bridgehead atoms. The molecule has 25 heavy (non-hydrogen) atoms. The summed E-state index contributed by atoms with van der Waals surface area (Å²) < 4.78 is 19.5. The highest BCUT2D eigenvalue weighted by Gasteiger charge is 2.35. The summed E-state index contributed by atoms with van der Waals surface area (Å²) in [7, 11) is 1.57. The Hall–Kier alpha value is -2.41. The minimum atomic E-state index is -0.530. The minimum absolute atomic E-state index is 0.0933. The number of anilines is 2. The Balaban J connectivity index is 1.69. The van der Waals surface area contributed by atoms with E-state index in [1.807, 2.05) is 0 Å². The first-order valence-corrected chi connectivity index (χ1v) is 8.47. The highest BCUT2D eigenvalue weighted by Crippen LogP contribution is 2.28. The molecule has 1 fully saturated rings. The third-order valence-corrected chi connectivity index (χ3v) is 4.56. The summed E-state index contributed by atoms with van der Waals surface area (Å²) in [6.07, 6.45) is 0.0933. The van der Waals surface area contributed by atoms with Gasteiger partial charge in [0.25, 0.3) is 0 Å². The number of carbonyl (C=O) groups excluding carboxylic acids is 2. The molecule has 2 aromatic carbocycles. The topological polar surface area (TPSA) is 58.6 Å². The molecule has 130 valence electrons. The number of hydrogen-bond acceptors (Lipinski definition) is 3. The van der Waals surface area contributed by atoms with E-state index in [-0.39, 0.29) is 30.5 Å². The normalized spacial score (nSPS) is 16.8. The molecule has 0 radical (unpaired) electrons. The highest BCUT2D eigenvalue weighted by atomic mass is 79.9. The second-order valence-electron chi connectivity index (χ2n) is 5.72. The molecule has 1 aliphatic rings. The van der Waals surface area contributed by atoms with Crippen LogP contribution in [-0.4, -0.2) is 25.5 Å². The molecule has 2 aromatic rings. The second-order valence-corrected chi connectivity index (χ2v) is 6.63. The second kappa shape index (κ2) is 7.23. The van der Waals surface area contributed by atoms with Gasteiger partial charge in [-0.15, -0.1) is 0 Å². The smallest absolute Gasteiger partial charge is 0.229 e. The van der Waals surface area contributed by atoms with E-state index in [2.05, 4.69) is 21.2 Å². The van der Waals surface area contributed by atoms with Crippen LogP contribution in [0.2, 0.25) is 0 Å². The molecule has 0 aliphatic carbocycles. The van der Waals surface area contributed by atoms with Crippen LogP contribution in [0.3, 0.4) is 0 Å². The maximum atomic E-state index is 13.9. The lowest BCUT2D eigenvalue weighted by atomic mass is 10.1. The summed E-state index contributed by atoms with van der Waals surface area (Å²) >= 11 is 3.17. The number of benzene rings is 2. The maximum absolute atomic E-state index is 13.9. The zero-order chi connectivity index (χ0) is 18.0. The monoisotopic (exact) mass is 406 g/mol. The molecule has 0 unspecified atom stereocenters. The predicted molar refractivity (Wildman–Crippen MR) is 96.2 cm³/mol. The van der Waals surface area contributed by atoms with Gasteiger partial charge in [-0.25, -0.2) is 4.39 Å². The Morgan fingerprint density at radius 2 is 2.00 bits per heavy atom. The van der Waals surface area contributed by atoms with Crippen molar-refractivity contribution < 1.29 is 18.7 Å². The number of methoxy groups -OCH3 is 1. The number of ether oxygens (including phenoxy) is 1. The van der Waals surface area contributed by atoms with Crippen molar-refractivity contribution in [1.29, 1.82) is 0 Å². The lowest BCUT2D eigenvalue weighted by Crippen LogP contribution is -2.28. The number of carbonyl (C=O) groups is 2. The largest absolute Gasteiger partial charge is 0.497 e. The molecule has 3 rings (SSSR count). The highest BCUT2D eigenvalue weighted by molar-refractivity contribution is 9.10. The van der Waals surface area contributed by atoms with Crippen molar-refractivity contribution in [2.24, 2.45) is 5.92 Å². The Morgan fingerprint density at radius 1 is 1.28 bits per heavy atom. The molecule has 0 saturated carbocycles. The zero-order valence-corrected chi connectivity index (χ0v) is 15.0. The summed E-state index contributed by atoms with van der Waals surface area (Å²) in [5.41, 5.74) is 0.805. The lowest BCUT2D eigenvalue weighted by molar-refractivity contribution is -0.122. The zero-order valence-electron chi connectivity index (χ0n) is 13.5. The van der Waals surface area contributed by atoms with Crippen LogP contribution in [0.15, 0.2) is 46.9 Å². The average Bonchev–Trinajstić information content (AvgIpc) is 2.99. The van der Waals surface area contributed by atoms with Crippen LogP contribution in [0, 0.1) is 11.7 Å². The molecule has 1 saturated heterocycles. The Bertz CT molecular complexity index is 810. The Labute approximate surface area is 152 Å². The minimum Gasteiger partial charge on any atom is -0.497 e. The third-order valence-electron chi connectivity index (χ3n) is 4.07. The van der Waals surface area contributed by atoms with E-state index < -0.39 is 11.7 Å². The molecule has 7 heteroatoms. The van der Waals surface area contributed by atoms with Gasteiger partial charge in [0.1, 0.15) is 11.6 Å². The summed E-state index contributed by atoms with van der Waals surface area (Å²) in [5, 5.41) is 2.56. The van der Waals surface area contributed by atoms with Crippen LogP contribution in [-0.2, 0) is 9.59 Å². The van der Waals surface area contributed by atoms with Crippen molar-refractivity contribution in [3.05, 3.63) is 52.8 Å². The summed E-state index contributed by atoms with van der Waals surface area (Å²) in [6, 6.07) is 11.5. The van der Waals surface area contributed by atoms with Gasteiger partial charge in [-0.1, -0.05) is 15.9 Å². The van der Waals surface area contributed by atoms with Gasteiger partial charge in [-0.3, -0.25) is 9.59 Å². The van der Waals surface area contributed by atoms with E-state index in [1.54, 1.807) is 42.3 Å². The summed E-state index contributed by atoms with van der Waals surface area (Å²) in [5.74, 6) is -0.876. The van der Waals surface area contributed by atoms with Gasteiger partial charge in [-0.05, 0) is 42.5 Å². The molecule has 0 aromatic heterocycles. The number of amides is 2.